The zero-order valence-electron chi connectivity index (χ0n) is 9.42. The van der Waals surface area contributed by atoms with E-state index in [-0.39, 0.29) is 5.48 Å². The molecule has 14 heavy (non-hydrogen) atoms. The van der Waals surface area contributed by atoms with Crippen molar-refractivity contribution in [3.8, 4) is 0 Å². The van der Waals surface area contributed by atoms with Gasteiger partial charge in [0, 0.05) is 0 Å². The van der Waals surface area contributed by atoms with Gasteiger partial charge in [-0.15, -0.1) is 0 Å². The monoisotopic (exact) mass is 204 g/mol. The lowest BCUT2D eigenvalue weighted by molar-refractivity contribution is -0.135. The maximum absolute atomic E-state index is 5.70. The summed E-state index contributed by atoms with van der Waals surface area (Å²) in [7, 11) is 0. The fourth-order valence-electron chi connectivity index (χ4n) is 1.61. The highest BCUT2D eigenvalue weighted by atomic mass is 16.6. The Bertz CT molecular complexity index is 117. The van der Waals surface area contributed by atoms with E-state index < -0.39 is 0 Å². The topological polar surface area (TPSA) is 50.0 Å². The Morgan fingerprint density at radius 3 is 2.14 bits per heavy atom. The van der Waals surface area contributed by atoms with E-state index in [1.165, 1.54) is 25.7 Å². The fraction of sp³-hybridized carbons (Fsp3) is 1.00. The first kappa shape index (κ1) is 13.9. The first-order chi connectivity index (χ1) is 6.36. The van der Waals surface area contributed by atoms with Gasteiger partial charge in [-0.25, -0.2) is 0 Å². The van der Waals surface area contributed by atoms with E-state index in [0.717, 1.165) is 19.6 Å². The molecule has 0 aromatic rings. The lowest BCUT2D eigenvalue weighted by Crippen LogP contribution is -2.35. The molecule has 86 valence electrons. The van der Waals surface area contributed by atoms with Crippen LogP contribution < -0.4 is 0 Å². The Kier molecular flexibility index (Phi) is 8.14. The van der Waals surface area contributed by atoms with Crippen LogP contribution in [-0.4, -0.2) is 30.9 Å². The van der Waals surface area contributed by atoms with E-state index in [1.807, 2.05) is 0 Å². The van der Waals surface area contributed by atoms with Crippen molar-refractivity contribution in [1.29, 1.82) is 0 Å². The van der Waals surface area contributed by atoms with Crippen molar-refractivity contribution in [1.82, 2.24) is 0 Å². The summed E-state index contributed by atoms with van der Waals surface area (Å²) in [5, 5.41) is 0. The number of hydrogen-bond acceptors (Lipinski definition) is 2. The summed E-state index contributed by atoms with van der Waals surface area (Å²) in [5.41, 5.74) is 0. The third kappa shape index (κ3) is 4.94. The Morgan fingerprint density at radius 1 is 1.00 bits per heavy atom. The van der Waals surface area contributed by atoms with Crippen LogP contribution in [0.15, 0.2) is 0 Å². The van der Waals surface area contributed by atoms with Crippen LogP contribution in [-0.2, 0) is 9.47 Å². The van der Waals surface area contributed by atoms with Gasteiger partial charge in [0.05, 0.1) is 25.4 Å². The molecule has 0 bridgehead atoms. The van der Waals surface area contributed by atoms with Crippen molar-refractivity contribution in [2.24, 2.45) is 0 Å². The van der Waals surface area contributed by atoms with Crippen molar-refractivity contribution < 1.29 is 14.9 Å². The minimum Gasteiger partial charge on any atom is -0.412 e. The van der Waals surface area contributed by atoms with Gasteiger partial charge in [0.2, 0.25) is 0 Å². The van der Waals surface area contributed by atoms with Crippen molar-refractivity contribution in [3.63, 3.8) is 0 Å². The highest BCUT2D eigenvalue weighted by Crippen LogP contribution is 2.14. The molecule has 0 saturated carbocycles. The third-order valence-corrected chi connectivity index (χ3v) is 2.62. The zero-order valence-corrected chi connectivity index (χ0v) is 9.42. The van der Waals surface area contributed by atoms with Crippen LogP contribution in [0, 0.1) is 0 Å². The van der Waals surface area contributed by atoms with Gasteiger partial charge in [0.25, 0.3) is 0 Å². The summed E-state index contributed by atoms with van der Waals surface area (Å²) >= 11 is 0. The zero-order chi connectivity index (χ0) is 9.52. The standard InChI is InChI=1S/C11H22O2.H2O/c1-3-5-6-7-11-9-12-10(4-2)8-13-11;/h10-11H,3-9H2,1-2H3;1H2. The average Bonchev–Trinajstić information content (AvgIpc) is 2.19. The van der Waals surface area contributed by atoms with Gasteiger partial charge in [0.15, 0.2) is 0 Å². The van der Waals surface area contributed by atoms with Crippen molar-refractivity contribution in [3.05, 3.63) is 0 Å². The van der Waals surface area contributed by atoms with Crippen molar-refractivity contribution in [2.45, 2.75) is 58.2 Å². The van der Waals surface area contributed by atoms with E-state index in [4.69, 9.17) is 9.47 Å². The normalized spacial score (nSPS) is 27.0. The number of hydrogen-bond donors (Lipinski definition) is 0. The molecule has 0 aromatic heterocycles. The van der Waals surface area contributed by atoms with Gasteiger partial charge in [0.1, 0.15) is 0 Å². The highest BCUT2D eigenvalue weighted by Gasteiger charge is 2.19. The van der Waals surface area contributed by atoms with Crippen molar-refractivity contribution >= 4 is 0 Å². The largest absolute Gasteiger partial charge is 0.412 e. The van der Waals surface area contributed by atoms with Gasteiger partial charge in [-0.1, -0.05) is 33.1 Å². The predicted molar refractivity (Wildman–Crippen MR) is 57.5 cm³/mol. The quantitative estimate of drug-likeness (QED) is 0.642. The molecule has 0 amide bonds. The Hall–Kier alpha value is -0.120. The van der Waals surface area contributed by atoms with Crippen LogP contribution in [0.1, 0.15) is 46.0 Å². The molecule has 2 unspecified atom stereocenters. The smallest absolute Gasteiger partial charge is 0.0810 e. The van der Waals surface area contributed by atoms with Crippen LogP contribution in [0.3, 0.4) is 0 Å². The summed E-state index contributed by atoms with van der Waals surface area (Å²) in [5.74, 6) is 0. The third-order valence-electron chi connectivity index (χ3n) is 2.62. The van der Waals surface area contributed by atoms with E-state index in [2.05, 4.69) is 13.8 Å². The lowest BCUT2D eigenvalue weighted by Gasteiger charge is -2.28. The van der Waals surface area contributed by atoms with Crippen LogP contribution in [0.4, 0.5) is 0 Å². The van der Waals surface area contributed by atoms with Crippen LogP contribution in [0.25, 0.3) is 0 Å². The molecule has 0 radical (unpaired) electrons. The first-order valence-corrected chi connectivity index (χ1v) is 5.60. The molecule has 1 fully saturated rings. The summed E-state index contributed by atoms with van der Waals surface area (Å²) in [6.45, 7) is 5.98. The average molecular weight is 204 g/mol. The maximum Gasteiger partial charge on any atom is 0.0810 e. The first-order valence-electron chi connectivity index (χ1n) is 5.60. The molecule has 2 atom stereocenters. The molecule has 1 heterocycles. The second-order valence-corrected chi connectivity index (χ2v) is 3.81. The Morgan fingerprint density at radius 2 is 1.64 bits per heavy atom. The second kappa shape index (κ2) is 8.21. The summed E-state index contributed by atoms with van der Waals surface area (Å²) in [6.07, 6.45) is 6.84. The molecular weight excluding hydrogens is 180 g/mol. The van der Waals surface area contributed by atoms with E-state index in [0.29, 0.717) is 12.2 Å². The molecule has 2 N–H and O–H groups in total. The molecule has 3 heteroatoms. The molecule has 0 aromatic carbocycles. The summed E-state index contributed by atoms with van der Waals surface area (Å²) < 4.78 is 11.3. The van der Waals surface area contributed by atoms with E-state index >= 15 is 0 Å². The molecular formula is C11H24O3. The van der Waals surface area contributed by atoms with Gasteiger partial charge in [-0.3, -0.25) is 0 Å². The second-order valence-electron chi connectivity index (χ2n) is 3.81. The SMILES string of the molecule is CCCCCC1COC(CC)CO1.O. The van der Waals surface area contributed by atoms with Crippen LogP contribution >= 0.6 is 0 Å². The van der Waals surface area contributed by atoms with Gasteiger partial charge in [-0.2, -0.15) is 0 Å². The molecule has 1 saturated heterocycles. The number of rotatable bonds is 5. The van der Waals surface area contributed by atoms with Crippen LogP contribution in [0.2, 0.25) is 0 Å². The van der Waals surface area contributed by atoms with E-state index in [9.17, 15) is 0 Å². The predicted octanol–water partition coefficient (Wildman–Crippen LogP) is 1.94. The molecule has 0 spiro atoms. The van der Waals surface area contributed by atoms with Gasteiger partial charge in [-0.05, 0) is 12.8 Å². The Balaban J connectivity index is 0.00000169. The van der Waals surface area contributed by atoms with E-state index in [1.54, 1.807) is 0 Å². The number of ether oxygens (including phenoxy) is 2. The number of unbranched alkanes of at least 4 members (excludes halogenated alkanes) is 2. The summed E-state index contributed by atoms with van der Waals surface area (Å²) in [6, 6.07) is 0. The van der Waals surface area contributed by atoms with Crippen molar-refractivity contribution in [2.75, 3.05) is 13.2 Å². The maximum atomic E-state index is 5.70. The molecule has 3 nitrogen and oxygen atoms in total. The molecule has 0 aliphatic carbocycles. The van der Waals surface area contributed by atoms with Crippen LogP contribution in [0.5, 0.6) is 0 Å². The Labute approximate surface area is 87.1 Å². The molecule has 1 aliphatic rings. The minimum atomic E-state index is 0. The van der Waals surface area contributed by atoms with Gasteiger partial charge >= 0.3 is 0 Å². The minimum absolute atomic E-state index is 0. The van der Waals surface area contributed by atoms with Gasteiger partial charge < -0.3 is 14.9 Å². The molecule has 1 aliphatic heterocycles. The summed E-state index contributed by atoms with van der Waals surface area (Å²) in [4.78, 5) is 0. The highest BCUT2D eigenvalue weighted by molar-refractivity contribution is 4.66. The fourth-order valence-corrected chi connectivity index (χ4v) is 1.61. The lowest BCUT2D eigenvalue weighted by atomic mass is 10.1. The molecule has 1 rings (SSSR count).